The van der Waals surface area contributed by atoms with Crippen LogP contribution in [0.3, 0.4) is 0 Å². The predicted octanol–water partition coefficient (Wildman–Crippen LogP) is 2.52. The number of carbonyl (C=O) groups excluding carboxylic acids is 1. The molecule has 1 aliphatic rings. The standard InChI is InChI=1S/C20H25N3O3S/c1-16-6-8-19(9-7-16)27(25,26)23-12-10-22(11-13-23)20(24)21-15-18-5-3-4-17(2)14-18/h3-9,14H,10-13,15H2,1-2H3,(H,21,24). The minimum Gasteiger partial charge on any atom is -0.334 e. The number of urea groups is 1. The molecule has 2 amide bonds. The molecule has 0 spiro atoms. The van der Waals surface area contributed by atoms with Crippen LogP contribution in [0.25, 0.3) is 0 Å². The van der Waals surface area contributed by atoms with Crippen LogP contribution in [0.2, 0.25) is 0 Å². The van der Waals surface area contributed by atoms with Gasteiger partial charge in [0.2, 0.25) is 10.0 Å². The first-order valence-electron chi connectivity index (χ1n) is 9.01. The fourth-order valence-corrected chi connectivity index (χ4v) is 4.52. The SMILES string of the molecule is Cc1ccc(S(=O)(=O)N2CCN(C(=O)NCc3cccc(C)c3)CC2)cc1. The summed E-state index contributed by atoms with van der Waals surface area (Å²) in [4.78, 5) is 14.3. The van der Waals surface area contributed by atoms with E-state index in [0.717, 1.165) is 16.7 Å². The van der Waals surface area contributed by atoms with E-state index < -0.39 is 10.0 Å². The fourth-order valence-electron chi connectivity index (χ4n) is 3.10. The molecular weight excluding hydrogens is 362 g/mol. The van der Waals surface area contributed by atoms with Crippen molar-refractivity contribution in [1.82, 2.24) is 14.5 Å². The van der Waals surface area contributed by atoms with Crippen LogP contribution in [0.4, 0.5) is 4.79 Å². The van der Waals surface area contributed by atoms with Gasteiger partial charge in [-0.05, 0) is 31.5 Å². The van der Waals surface area contributed by atoms with Gasteiger partial charge in [-0.15, -0.1) is 0 Å². The molecule has 0 bridgehead atoms. The minimum absolute atomic E-state index is 0.163. The van der Waals surface area contributed by atoms with Crippen LogP contribution in [0.1, 0.15) is 16.7 Å². The molecule has 3 rings (SSSR count). The first kappa shape index (κ1) is 19.4. The Morgan fingerprint density at radius 2 is 1.63 bits per heavy atom. The third-order valence-electron chi connectivity index (χ3n) is 4.71. The molecule has 0 aromatic heterocycles. The van der Waals surface area contributed by atoms with Gasteiger partial charge in [-0.25, -0.2) is 13.2 Å². The number of nitrogens with one attached hydrogen (secondary N) is 1. The number of carbonyl (C=O) groups is 1. The van der Waals surface area contributed by atoms with E-state index in [0.29, 0.717) is 37.6 Å². The van der Waals surface area contributed by atoms with E-state index in [2.05, 4.69) is 5.32 Å². The maximum Gasteiger partial charge on any atom is 0.317 e. The number of rotatable bonds is 4. The van der Waals surface area contributed by atoms with Crippen molar-refractivity contribution >= 4 is 16.1 Å². The maximum absolute atomic E-state index is 12.7. The Kier molecular flexibility index (Phi) is 5.82. The number of hydrogen-bond acceptors (Lipinski definition) is 3. The maximum atomic E-state index is 12.7. The summed E-state index contributed by atoms with van der Waals surface area (Å²) in [6.07, 6.45) is 0. The third kappa shape index (κ3) is 4.67. The Balaban J connectivity index is 1.55. The van der Waals surface area contributed by atoms with E-state index in [4.69, 9.17) is 0 Å². The molecule has 27 heavy (non-hydrogen) atoms. The molecular formula is C20H25N3O3S. The number of benzene rings is 2. The summed E-state index contributed by atoms with van der Waals surface area (Å²) >= 11 is 0. The lowest BCUT2D eigenvalue weighted by Crippen LogP contribution is -2.52. The molecule has 1 fully saturated rings. The monoisotopic (exact) mass is 387 g/mol. The van der Waals surface area contributed by atoms with Gasteiger partial charge in [0.25, 0.3) is 0 Å². The van der Waals surface area contributed by atoms with Crippen LogP contribution in [0, 0.1) is 13.8 Å². The van der Waals surface area contributed by atoms with Gasteiger partial charge in [0.15, 0.2) is 0 Å². The molecule has 1 N–H and O–H groups in total. The zero-order valence-corrected chi connectivity index (χ0v) is 16.5. The van der Waals surface area contributed by atoms with Crippen LogP contribution < -0.4 is 5.32 Å². The lowest BCUT2D eigenvalue weighted by molar-refractivity contribution is 0.172. The fraction of sp³-hybridized carbons (Fsp3) is 0.350. The summed E-state index contributed by atoms with van der Waals surface area (Å²) in [7, 11) is -3.51. The van der Waals surface area contributed by atoms with Crippen molar-refractivity contribution in [3.63, 3.8) is 0 Å². The molecule has 0 aliphatic carbocycles. The van der Waals surface area contributed by atoms with Crippen LogP contribution in [0.5, 0.6) is 0 Å². The quantitative estimate of drug-likeness (QED) is 0.876. The zero-order valence-electron chi connectivity index (χ0n) is 15.7. The number of amides is 2. The Morgan fingerprint density at radius 3 is 2.26 bits per heavy atom. The van der Waals surface area contributed by atoms with Crippen LogP contribution in [-0.2, 0) is 16.6 Å². The largest absolute Gasteiger partial charge is 0.334 e. The summed E-state index contributed by atoms with van der Waals surface area (Å²) in [6, 6.07) is 14.7. The van der Waals surface area contributed by atoms with Gasteiger partial charge in [0, 0.05) is 32.7 Å². The molecule has 144 valence electrons. The topological polar surface area (TPSA) is 69.7 Å². The first-order chi connectivity index (χ1) is 12.9. The molecule has 1 saturated heterocycles. The molecule has 0 atom stereocenters. The Hall–Kier alpha value is -2.38. The molecule has 7 heteroatoms. The lowest BCUT2D eigenvalue weighted by Gasteiger charge is -2.34. The number of aryl methyl sites for hydroxylation is 2. The highest BCUT2D eigenvalue weighted by molar-refractivity contribution is 7.89. The number of sulfonamides is 1. The Morgan fingerprint density at radius 1 is 0.963 bits per heavy atom. The van der Waals surface area contributed by atoms with Crippen molar-refractivity contribution in [2.24, 2.45) is 0 Å². The molecule has 1 heterocycles. The molecule has 0 unspecified atom stereocenters. The van der Waals surface area contributed by atoms with Gasteiger partial charge in [-0.3, -0.25) is 0 Å². The highest BCUT2D eigenvalue weighted by Gasteiger charge is 2.29. The minimum atomic E-state index is -3.51. The number of nitrogens with zero attached hydrogens (tertiary/aromatic N) is 2. The summed E-state index contributed by atoms with van der Waals surface area (Å²) in [5.74, 6) is 0. The van der Waals surface area contributed by atoms with E-state index >= 15 is 0 Å². The molecule has 6 nitrogen and oxygen atoms in total. The van der Waals surface area contributed by atoms with Gasteiger partial charge in [0.1, 0.15) is 0 Å². The molecule has 0 radical (unpaired) electrons. The van der Waals surface area contributed by atoms with Crippen molar-refractivity contribution in [3.8, 4) is 0 Å². The summed E-state index contributed by atoms with van der Waals surface area (Å²) < 4.78 is 26.9. The van der Waals surface area contributed by atoms with Crippen LogP contribution >= 0.6 is 0 Å². The molecule has 0 saturated carbocycles. The van der Waals surface area contributed by atoms with Gasteiger partial charge < -0.3 is 10.2 Å². The second-order valence-electron chi connectivity index (χ2n) is 6.85. The highest BCUT2D eigenvalue weighted by Crippen LogP contribution is 2.18. The van der Waals surface area contributed by atoms with E-state index in [1.54, 1.807) is 29.2 Å². The van der Waals surface area contributed by atoms with Crippen molar-refractivity contribution in [2.75, 3.05) is 26.2 Å². The van der Waals surface area contributed by atoms with Gasteiger partial charge in [-0.2, -0.15) is 4.31 Å². The van der Waals surface area contributed by atoms with Crippen molar-refractivity contribution in [2.45, 2.75) is 25.3 Å². The molecule has 1 aliphatic heterocycles. The van der Waals surface area contributed by atoms with Crippen molar-refractivity contribution < 1.29 is 13.2 Å². The van der Waals surface area contributed by atoms with Gasteiger partial charge >= 0.3 is 6.03 Å². The smallest absolute Gasteiger partial charge is 0.317 e. The van der Waals surface area contributed by atoms with Gasteiger partial charge in [0.05, 0.1) is 4.90 Å². The average Bonchev–Trinajstić information content (AvgIpc) is 2.66. The lowest BCUT2D eigenvalue weighted by atomic mass is 10.1. The van der Waals surface area contributed by atoms with Crippen molar-refractivity contribution in [3.05, 3.63) is 65.2 Å². The van der Waals surface area contributed by atoms with E-state index in [9.17, 15) is 13.2 Å². The normalized spacial score (nSPS) is 15.6. The molecule has 2 aromatic carbocycles. The van der Waals surface area contributed by atoms with Gasteiger partial charge in [-0.1, -0.05) is 47.5 Å². The van der Waals surface area contributed by atoms with Crippen LogP contribution in [-0.4, -0.2) is 49.8 Å². The first-order valence-corrected chi connectivity index (χ1v) is 10.5. The van der Waals surface area contributed by atoms with E-state index in [1.807, 2.05) is 38.1 Å². The third-order valence-corrected chi connectivity index (χ3v) is 6.62. The summed E-state index contributed by atoms with van der Waals surface area (Å²) in [5.41, 5.74) is 3.21. The number of piperazine rings is 1. The zero-order chi connectivity index (χ0) is 19.4. The predicted molar refractivity (Wildman–Crippen MR) is 105 cm³/mol. The summed E-state index contributed by atoms with van der Waals surface area (Å²) in [5, 5.41) is 2.91. The second kappa shape index (κ2) is 8.10. The molecule has 2 aromatic rings. The van der Waals surface area contributed by atoms with E-state index in [1.165, 1.54) is 4.31 Å². The van der Waals surface area contributed by atoms with Crippen LogP contribution in [0.15, 0.2) is 53.4 Å². The summed E-state index contributed by atoms with van der Waals surface area (Å²) in [6.45, 7) is 5.75. The Labute approximate surface area is 160 Å². The second-order valence-corrected chi connectivity index (χ2v) is 8.79. The average molecular weight is 388 g/mol. The Bertz CT molecular complexity index is 902. The van der Waals surface area contributed by atoms with E-state index in [-0.39, 0.29) is 6.03 Å². The highest BCUT2D eigenvalue weighted by atomic mass is 32.2. The van der Waals surface area contributed by atoms with Crippen molar-refractivity contribution in [1.29, 1.82) is 0 Å². The number of hydrogen-bond donors (Lipinski definition) is 1.